The van der Waals surface area contributed by atoms with Gasteiger partial charge >= 0.3 is 87.4 Å². The molecule has 1 atom stereocenters. The van der Waals surface area contributed by atoms with Crippen molar-refractivity contribution in [2.24, 2.45) is 17.3 Å². The molecule has 0 aliphatic rings. The van der Waals surface area contributed by atoms with Crippen LogP contribution in [0.4, 0.5) is 0 Å². The van der Waals surface area contributed by atoms with E-state index in [-0.39, 0.29) is 23.2 Å². The van der Waals surface area contributed by atoms with Gasteiger partial charge in [-0.05, 0) is 0 Å². The molecule has 14 heavy (non-hydrogen) atoms. The summed E-state index contributed by atoms with van der Waals surface area (Å²) in [5.41, 5.74) is 0.128. The summed E-state index contributed by atoms with van der Waals surface area (Å²) in [7, 11) is 5.06. The predicted molar refractivity (Wildman–Crippen MR) is 60.3 cm³/mol. The fourth-order valence-corrected chi connectivity index (χ4v) is 1.41. The van der Waals surface area contributed by atoms with Crippen molar-refractivity contribution in [3.05, 3.63) is 0 Å². The van der Waals surface area contributed by atoms with Crippen molar-refractivity contribution in [1.29, 1.82) is 0 Å². The average Bonchev–Trinajstić information content (AvgIpc) is 1.98. The summed E-state index contributed by atoms with van der Waals surface area (Å²) in [4.78, 5) is 11.5. The van der Waals surface area contributed by atoms with Gasteiger partial charge in [0.25, 0.3) is 0 Å². The molecular weight excluding hydrogens is 175 g/mol. The summed E-state index contributed by atoms with van der Waals surface area (Å²) in [6, 6.07) is 0. The molecule has 0 rings (SSSR count). The maximum atomic E-state index is 11.5. The van der Waals surface area contributed by atoms with Crippen LogP contribution >= 0.6 is 0 Å². The van der Waals surface area contributed by atoms with E-state index in [0.29, 0.717) is 0 Å². The van der Waals surface area contributed by atoms with E-state index in [2.05, 4.69) is 20.8 Å². The molecule has 79 valence electrons. The molecule has 2 nitrogen and oxygen atoms in total. The molecular formula is C11H20BO2. The molecule has 3 heteroatoms. The first-order chi connectivity index (χ1) is 6.28. The Morgan fingerprint density at radius 3 is 2.21 bits per heavy atom. The molecule has 1 radical (unpaired) electrons. The zero-order valence-corrected chi connectivity index (χ0v) is 9.83. The molecule has 0 amide bonds. The third-order valence-electron chi connectivity index (χ3n) is 2.12. The van der Waals surface area contributed by atoms with Gasteiger partial charge in [0.2, 0.25) is 0 Å². The van der Waals surface area contributed by atoms with E-state index in [9.17, 15) is 4.79 Å². The number of ether oxygens (including phenoxy) is 1. The number of esters is 1. The van der Waals surface area contributed by atoms with Crippen molar-refractivity contribution in [3.63, 3.8) is 0 Å². The second-order valence-corrected chi connectivity index (χ2v) is 5.19. The second-order valence-electron chi connectivity index (χ2n) is 5.19. The Hall–Kier alpha value is -0.595. The molecule has 0 aliphatic heterocycles. The van der Waals surface area contributed by atoms with Crippen molar-refractivity contribution in [1.82, 2.24) is 0 Å². The van der Waals surface area contributed by atoms with Crippen molar-refractivity contribution >= 4 is 19.6 Å². The van der Waals surface area contributed by atoms with Crippen molar-refractivity contribution in [2.75, 3.05) is 0 Å². The summed E-state index contributed by atoms with van der Waals surface area (Å²) in [5, 5.41) is 0. The molecule has 0 aromatic heterocycles. The zero-order valence-electron chi connectivity index (χ0n) is 9.83. The second kappa shape index (κ2) is 5.33. The standard InChI is InChI=1S/C11H20BO2/c1-8(2)9(6-11(3,4)5)10(13)14-7-12/h7-9H,6H2,1-5H3. The minimum absolute atomic E-state index is 0.0743. The van der Waals surface area contributed by atoms with E-state index in [1.54, 1.807) is 0 Å². The molecule has 0 fully saturated rings. The number of rotatable bonds is 4. The van der Waals surface area contributed by atoms with E-state index in [0.717, 1.165) is 12.6 Å². The van der Waals surface area contributed by atoms with Gasteiger partial charge in [0.1, 0.15) is 0 Å². The number of hydrogen-bond acceptors (Lipinski definition) is 2. The van der Waals surface area contributed by atoms with Crippen LogP contribution in [0.25, 0.3) is 0 Å². The van der Waals surface area contributed by atoms with E-state index in [4.69, 9.17) is 12.2 Å². The van der Waals surface area contributed by atoms with Crippen LogP contribution in [0.1, 0.15) is 41.0 Å². The van der Waals surface area contributed by atoms with Crippen LogP contribution in [0.2, 0.25) is 0 Å². The van der Waals surface area contributed by atoms with Crippen LogP contribution in [0.5, 0.6) is 0 Å². The first kappa shape index (κ1) is 13.4. The van der Waals surface area contributed by atoms with Crippen LogP contribution < -0.4 is 0 Å². The Balaban J connectivity index is 4.44. The Morgan fingerprint density at radius 1 is 1.43 bits per heavy atom. The summed E-state index contributed by atoms with van der Waals surface area (Å²) in [6.07, 6.45) is 1.78. The van der Waals surface area contributed by atoms with Crippen LogP contribution in [0, 0.1) is 17.3 Å². The van der Waals surface area contributed by atoms with Gasteiger partial charge in [0.05, 0.1) is 0 Å². The number of carbonyl (C=O) groups excluding carboxylic acids is 1. The van der Waals surface area contributed by atoms with Crippen LogP contribution in [-0.4, -0.2) is 19.6 Å². The SMILES string of the molecule is [B]=COC(=O)C(CC(C)(C)C)C(C)C. The van der Waals surface area contributed by atoms with Crippen molar-refractivity contribution < 1.29 is 9.53 Å². The number of carbonyl (C=O) groups is 1. The first-order valence-electron chi connectivity index (χ1n) is 5.02. The van der Waals surface area contributed by atoms with E-state index >= 15 is 0 Å². The van der Waals surface area contributed by atoms with Gasteiger partial charge in [0, 0.05) is 0 Å². The summed E-state index contributed by atoms with van der Waals surface area (Å²) >= 11 is 0. The molecule has 0 spiro atoms. The molecule has 0 heterocycles. The molecule has 0 N–H and O–H groups in total. The van der Waals surface area contributed by atoms with E-state index < -0.39 is 0 Å². The molecule has 0 saturated heterocycles. The van der Waals surface area contributed by atoms with Gasteiger partial charge < -0.3 is 0 Å². The maximum absolute atomic E-state index is 11.5. The molecule has 0 aliphatic carbocycles. The Bertz CT molecular complexity index is 204. The minimum atomic E-state index is -0.225. The zero-order chi connectivity index (χ0) is 11.4. The average molecular weight is 195 g/mol. The summed E-state index contributed by atoms with van der Waals surface area (Å²) in [5.74, 6) is -0.0195. The van der Waals surface area contributed by atoms with Gasteiger partial charge in [-0.2, -0.15) is 0 Å². The summed E-state index contributed by atoms with van der Waals surface area (Å²) < 4.78 is 4.73. The fraction of sp³-hybridized carbons (Fsp3) is 0.818. The topological polar surface area (TPSA) is 26.3 Å². The van der Waals surface area contributed by atoms with Gasteiger partial charge in [0.15, 0.2) is 0 Å². The summed E-state index contributed by atoms with van der Waals surface area (Å²) in [6.45, 7) is 10.4. The predicted octanol–water partition coefficient (Wildman–Crippen LogP) is 2.17. The van der Waals surface area contributed by atoms with Crippen LogP contribution in [-0.2, 0) is 9.53 Å². The third kappa shape index (κ3) is 5.20. The fourth-order valence-electron chi connectivity index (χ4n) is 1.41. The molecule has 0 aromatic carbocycles. The van der Waals surface area contributed by atoms with Gasteiger partial charge in [-0.25, -0.2) is 0 Å². The van der Waals surface area contributed by atoms with E-state index in [1.165, 1.54) is 0 Å². The normalized spacial score (nSPS) is 13.8. The number of hydrogen-bond donors (Lipinski definition) is 0. The molecule has 0 bridgehead atoms. The molecule has 0 saturated carbocycles. The van der Waals surface area contributed by atoms with Gasteiger partial charge in [-0.15, -0.1) is 0 Å². The Morgan fingerprint density at radius 2 is 1.93 bits per heavy atom. The van der Waals surface area contributed by atoms with E-state index in [1.807, 2.05) is 13.8 Å². The third-order valence-corrected chi connectivity index (χ3v) is 2.12. The quantitative estimate of drug-likeness (QED) is 0.507. The Labute approximate surface area is 88.1 Å². The monoisotopic (exact) mass is 195 g/mol. The van der Waals surface area contributed by atoms with Gasteiger partial charge in [-0.1, -0.05) is 0 Å². The molecule has 1 unspecified atom stereocenters. The van der Waals surface area contributed by atoms with Crippen LogP contribution in [0.3, 0.4) is 0 Å². The Kier molecular flexibility index (Phi) is 5.10. The van der Waals surface area contributed by atoms with Gasteiger partial charge in [-0.3, -0.25) is 0 Å². The van der Waals surface area contributed by atoms with Crippen molar-refractivity contribution in [2.45, 2.75) is 41.0 Å². The first-order valence-corrected chi connectivity index (χ1v) is 5.02. The van der Waals surface area contributed by atoms with Crippen molar-refractivity contribution in [3.8, 4) is 0 Å². The van der Waals surface area contributed by atoms with Crippen LogP contribution in [0.15, 0.2) is 0 Å². The molecule has 0 aromatic rings.